The molecule has 0 fully saturated rings. The maximum absolute atomic E-state index is 10.2. The Labute approximate surface area is 260 Å². The molecule has 0 amide bonds. The Bertz CT molecular complexity index is 1770. The number of hydrogen-bond donors (Lipinski definition) is 2. The van der Waals surface area contributed by atoms with Gasteiger partial charge in [0.25, 0.3) is 0 Å². The molecule has 0 atom stereocenters. The van der Waals surface area contributed by atoms with Crippen molar-refractivity contribution in [3.63, 3.8) is 0 Å². The lowest BCUT2D eigenvalue weighted by molar-refractivity contribution is 0.474. The monoisotopic (exact) mass is 620 g/mol. The predicted molar refractivity (Wildman–Crippen MR) is 170 cm³/mol. The molecule has 12 nitrogen and oxygen atoms in total. The Hall–Kier alpha value is -5.34. The van der Waals surface area contributed by atoms with Crippen molar-refractivity contribution in [2.24, 2.45) is 10.2 Å². The fourth-order valence-electron chi connectivity index (χ4n) is 3.97. The minimum absolute atomic E-state index is 0.123. The molecule has 4 aromatic heterocycles. The van der Waals surface area contributed by atoms with E-state index >= 15 is 0 Å². The molecular weight excluding hydrogens is 597 g/mol. The zero-order chi connectivity index (χ0) is 30.1. The number of aromatic hydroxyl groups is 2. The lowest BCUT2D eigenvalue weighted by Gasteiger charge is -2.06. The summed E-state index contributed by atoms with van der Waals surface area (Å²) in [5, 5.41) is 48.2. The van der Waals surface area contributed by atoms with Gasteiger partial charge in [-0.05, 0) is 48.5 Å². The van der Waals surface area contributed by atoms with Crippen molar-refractivity contribution in [3.05, 3.63) is 109 Å². The summed E-state index contributed by atoms with van der Waals surface area (Å²) in [6.07, 6.45) is 9.91. The number of phenolic OH excluding ortho intramolecular Hbond substituents is 2. The molecule has 14 heteroatoms. The molecular formula is C30H24N10O2S2. The number of rotatable bonds is 11. The lowest BCUT2D eigenvalue weighted by Crippen LogP contribution is -2.00. The van der Waals surface area contributed by atoms with Gasteiger partial charge in [0, 0.05) is 58.5 Å². The van der Waals surface area contributed by atoms with Crippen LogP contribution in [0, 0.1) is 0 Å². The molecule has 2 N–H and O–H groups in total. The molecule has 2 aromatic carbocycles. The predicted octanol–water partition coefficient (Wildman–Crippen LogP) is 5.05. The van der Waals surface area contributed by atoms with Crippen molar-refractivity contribution < 1.29 is 10.2 Å². The van der Waals surface area contributed by atoms with Crippen LogP contribution >= 0.6 is 23.5 Å². The maximum Gasteiger partial charge on any atom is 0.212 e. The van der Waals surface area contributed by atoms with E-state index in [0.29, 0.717) is 44.6 Å². The van der Waals surface area contributed by atoms with E-state index in [4.69, 9.17) is 0 Å². The first kappa shape index (κ1) is 28.8. The van der Waals surface area contributed by atoms with Gasteiger partial charge in [0.2, 0.25) is 10.3 Å². The van der Waals surface area contributed by atoms with Gasteiger partial charge in [-0.3, -0.25) is 9.97 Å². The molecule has 0 bridgehead atoms. The fourth-order valence-corrected chi connectivity index (χ4v) is 5.71. The van der Waals surface area contributed by atoms with Gasteiger partial charge in [-0.15, -0.1) is 20.4 Å². The number of benzene rings is 2. The highest BCUT2D eigenvalue weighted by Crippen LogP contribution is 2.28. The SMILES string of the molecule is Oc1ccccc1/C=N\n1c(SCCSc2nnc(-c3cccnc3)n2/N=C\c2ccccc2O)nnc1-c1cccnc1. The van der Waals surface area contributed by atoms with Gasteiger partial charge in [0.15, 0.2) is 11.6 Å². The number of aromatic nitrogens is 8. The summed E-state index contributed by atoms with van der Waals surface area (Å²) >= 11 is 2.95. The minimum atomic E-state index is 0.123. The number of para-hydroxylation sites is 2. The van der Waals surface area contributed by atoms with Crippen LogP contribution in [-0.4, -0.2) is 73.9 Å². The number of hydrogen-bond acceptors (Lipinski definition) is 12. The third-order valence-corrected chi connectivity index (χ3v) is 8.21. The van der Waals surface area contributed by atoms with Crippen molar-refractivity contribution >= 4 is 36.0 Å². The van der Waals surface area contributed by atoms with Crippen LogP contribution in [0.25, 0.3) is 22.8 Å². The minimum Gasteiger partial charge on any atom is -0.507 e. The molecule has 0 saturated carbocycles. The van der Waals surface area contributed by atoms with E-state index in [1.165, 1.54) is 23.5 Å². The molecule has 0 saturated heterocycles. The van der Waals surface area contributed by atoms with E-state index < -0.39 is 0 Å². The van der Waals surface area contributed by atoms with Gasteiger partial charge in [0.1, 0.15) is 11.5 Å². The molecule has 4 heterocycles. The van der Waals surface area contributed by atoms with Crippen molar-refractivity contribution in [1.82, 2.24) is 39.7 Å². The zero-order valence-corrected chi connectivity index (χ0v) is 24.6. The zero-order valence-electron chi connectivity index (χ0n) is 23.0. The van der Waals surface area contributed by atoms with E-state index in [1.54, 1.807) is 83.0 Å². The topological polar surface area (TPSA) is 152 Å². The first-order chi connectivity index (χ1) is 21.7. The lowest BCUT2D eigenvalue weighted by atomic mass is 10.2. The summed E-state index contributed by atoms with van der Waals surface area (Å²) in [6.45, 7) is 0. The summed E-state index contributed by atoms with van der Waals surface area (Å²) in [4.78, 5) is 8.39. The Morgan fingerprint density at radius 2 is 1.05 bits per heavy atom. The highest BCUT2D eigenvalue weighted by Gasteiger charge is 2.17. The van der Waals surface area contributed by atoms with Gasteiger partial charge in [-0.2, -0.15) is 19.6 Å². The van der Waals surface area contributed by atoms with Crippen molar-refractivity contribution in [2.75, 3.05) is 11.5 Å². The van der Waals surface area contributed by atoms with Crippen LogP contribution in [0.1, 0.15) is 11.1 Å². The summed E-state index contributed by atoms with van der Waals surface area (Å²) in [7, 11) is 0. The third-order valence-electron chi connectivity index (χ3n) is 6.11. The van der Waals surface area contributed by atoms with Gasteiger partial charge in [0.05, 0.1) is 12.4 Å². The Morgan fingerprint density at radius 1 is 0.591 bits per heavy atom. The second-order valence-corrected chi connectivity index (χ2v) is 11.1. The Kier molecular flexibility index (Phi) is 8.99. The number of pyridine rings is 2. The van der Waals surface area contributed by atoms with E-state index in [2.05, 4.69) is 40.6 Å². The molecule has 0 spiro atoms. The smallest absolute Gasteiger partial charge is 0.212 e. The second kappa shape index (κ2) is 13.8. The average Bonchev–Trinajstić information content (AvgIpc) is 3.67. The molecule has 44 heavy (non-hydrogen) atoms. The number of thioether (sulfide) groups is 2. The standard InChI is InChI=1S/C30H24N10O2S2/c41-25-11-3-1-7-21(25)19-33-39-27(23-9-5-13-31-17-23)35-37-29(39)43-15-16-44-30-38-36-28(24-10-6-14-32-18-24)40(30)34-20-22-8-2-4-12-26(22)42/h1-14,17-20,41-42H,15-16H2/b33-19-,34-20-. The molecule has 0 aliphatic rings. The summed E-state index contributed by atoms with van der Waals surface area (Å²) in [6, 6.07) is 21.3. The van der Waals surface area contributed by atoms with Gasteiger partial charge in [-0.1, -0.05) is 47.8 Å². The molecule has 0 radical (unpaired) electrons. The summed E-state index contributed by atoms with van der Waals surface area (Å²) in [5.74, 6) is 2.58. The third kappa shape index (κ3) is 6.66. The van der Waals surface area contributed by atoms with Gasteiger partial charge >= 0.3 is 0 Å². The van der Waals surface area contributed by atoms with Crippen molar-refractivity contribution in [2.45, 2.75) is 10.3 Å². The molecule has 218 valence electrons. The maximum atomic E-state index is 10.2. The summed E-state index contributed by atoms with van der Waals surface area (Å²) in [5.41, 5.74) is 2.65. The van der Waals surface area contributed by atoms with Crippen LogP contribution in [0.5, 0.6) is 11.5 Å². The molecule has 0 aliphatic carbocycles. The normalized spacial score (nSPS) is 11.5. The summed E-state index contributed by atoms with van der Waals surface area (Å²) < 4.78 is 3.27. The van der Waals surface area contributed by atoms with Gasteiger partial charge in [-0.25, -0.2) is 0 Å². The highest BCUT2D eigenvalue weighted by atomic mass is 32.2. The van der Waals surface area contributed by atoms with Gasteiger partial charge < -0.3 is 10.2 Å². The van der Waals surface area contributed by atoms with E-state index in [-0.39, 0.29) is 11.5 Å². The largest absolute Gasteiger partial charge is 0.507 e. The number of phenols is 2. The van der Waals surface area contributed by atoms with Crippen LogP contribution in [0.3, 0.4) is 0 Å². The molecule has 6 aromatic rings. The van der Waals surface area contributed by atoms with Crippen molar-refractivity contribution in [3.8, 4) is 34.3 Å². The first-order valence-corrected chi connectivity index (χ1v) is 15.3. The molecule has 0 aliphatic heterocycles. The van der Waals surface area contributed by atoms with Crippen LogP contribution in [0.15, 0.2) is 118 Å². The second-order valence-electron chi connectivity index (χ2n) is 9.02. The van der Waals surface area contributed by atoms with E-state index in [9.17, 15) is 10.2 Å². The number of nitrogens with zero attached hydrogens (tertiary/aromatic N) is 10. The Balaban J connectivity index is 1.21. The fraction of sp³-hybridized carbons (Fsp3) is 0.0667. The highest BCUT2D eigenvalue weighted by molar-refractivity contribution is 8.02. The Morgan fingerprint density at radius 3 is 1.45 bits per heavy atom. The quantitative estimate of drug-likeness (QED) is 0.114. The average molecular weight is 621 g/mol. The van der Waals surface area contributed by atoms with Crippen LogP contribution in [-0.2, 0) is 0 Å². The van der Waals surface area contributed by atoms with Crippen LogP contribution in [0.2, 0.25) is 0 Å². The van der Waals surface area contributed by atoms with E-state index in [1.807, 2.05) is 36.4 Å². The first-order valence-electron chi connectivity index (χ1n) is 13.3. The molecule has 6 rings (SSSR count). The van der Waals surface area contributed by atoms with Crippen LogP contribution < -0.4 is 0 Å². The van der Waals surface area contributed by atoms with Crippen molar-refractivity contribution in [1.29, 1.82) is 0 Å². The van der Waals surface area contributed by atoms with E-state index in [0.717, 1.165) is 11.1 Å². The van der Waals surface area contributed by atoms with Crippen LogP contribution in [0.4, 0.5) is 0 Å². The molecule has 0 unspecified atom stereocenters.